The van der Waals surface area contributed by atoms with Gasteiger partial charge < -0.3 is 15.0 Å². The van der Waals surface area contributed by atoms with Crippen LogP contribution in [0.5, 0.6) is 0 Å². The van der Waals surface area contributed by atoms with Crippen LogP contribution >= 0.6 is 0 Å². The van der Waals surface area contributed by atoms with Crippen molar-refractivity contribution in [2.75, 3.05) is 29.9 Å². The van der Waals surface area contributed by atoms with Crippen molar-refractivity contribution in [2.45, 2.75) is 96.9 Å². The van der Waals surface area contributed by atoms with Gasteiger partial charge in [-0.3, -0.25) is 0 Å². The average molecular weight is 489 g/mol. The normalized spacial score (nSPS) is 24.2. The van der Waals surface area contributed by atoms with Crippen molar-refractivity contribution in [1.82, 2.24) is 14.6 Å². The Bertz CT molecular complexity index is 1210. The van der Waals surface area contributed by atoms with Gasteiger partial charge >= 0.3 is 0 Å². The van der Waals surface area contributed by atoms with Crippen LogP contribution in [0, 0.1) is 0 Å². The SMILES string of the molecule is C/C1=C(/C)C(c2cc3nc(N4CCCC4)cc(NC4CCCCCC4)n3n2)=NC2=C(CC1)OCCC2. The largest absolute Gasteiger partial charge is 0.496 e. The quantitative estimate of drug-likeness (QED) is 0.504. The van der Waals surface area contributed by atoms with E-state index in [1.807, 2.05) is 4.52 Å². The van der Waals surface area contributed by atoms with E-state index >= 15 is 0 Å². The molecule has 7 nitrogen and oxygen atoms in total. The van der Waals surface area contributed by atoms with Crippen molar-refractivity contribution in [3.63, 3.8) is 0 Å². The molecule has 2 aromatic heterocycles. The first kappa shape index (κ1) is 23.6. The summed E-state index contributed by atoms with van der Waals surface area (Å²) in [5.41, 5.74) is 6.46. The molecule has 0 bridgehead atoms. The van der Waals surface area contributed by atoms with Crippen LogP contribution in [0.1, 0.15) is 96.6 Å². The molecule has 4 aliphatic rings. The van der Waals surface area contributed by atoms with E-state index in [4.69, 9.17) is 19.8 Å². The zero-order valence-electron chi connectivity index (χ0n) is 22.0. The van der Waals surface area contributed by atoms with Crippen molar-refractivity contribution in [1.29, 1.82) is 0 Å². The summed E-state index contributed by atoms with van der Waals surface area (Å²) in [6, 6.07) is 4.86. The molecule has 3 aliphatic heterocycles. The third-order valence-corrected chi connectivity index (χ3v) is 8.42. The summed E-state index contributed by atoms with van der Waals surface area (Å²) >= 11 is 0. The van der Waals surface area contributed by atoms with Crippen LogP contribution in [0.4, 0.5) is 11.6 Å². The van der Waals surface area contributed by atoms with Crippen LogP contribution in [0.15, 0.2) is 39.7 Å². The number of fused-ring (bicyclic) bond motifs is 1. The molecule has 2 aromatic rings. The van der Waals surface area contributed by atoms with E-state index in [-0.39, 0.29) is 0 Å². The van der Waals surface area contributed by atoms with Crippen LogP contribution in [0.25, 0.3) is 5.65 Å². The van der Waals surface area contributed by atoms with Gasteiger partial charge in [-0.1, -0.05) is 31.3 Å². The van der Waals surface area contributed by atoms with Crippen LogP contribution in [-0.2, 0) is 4.74 Å². The lowest BCUT2D eigenvalue weighted by atomic mass is 9.96. The Labute approximate surface area is 214 Å². The summed E-state index contributed by atoms with van der Waals surface area (Å²) < 4.78 is 8.05. The van der Waals surface area contributed by atoms with Gasteiger partial charge in [0.1, 0.15) is 23.1 Å². The highest BCUT2D eigenvalue weighted by Crippen LogP contribution is 2.32. The fourth-order valence-corrected chi connectivity index (χ4v) is 6.07. The smallest absolute Gasteiger partial charge is 0.160 e. The van der Waals surface area contributed by atoms with E-state index in [9.17, 15) is 0 Å². The Morgan fingerprint density at radius 2 is 1.72 bits per heavy atom. The van der Waals surface area contributed by atoms with Crippen LogP contribution in [-0.4, -0.2) is 46.0 Å². The number of nitrogens with one attached hydrogen (secondary N) is 1. The second-order valence-electron chi connectivity index (χ2n) is 11.0. The molecule has 192 valence electrons. The van der Waals surface area contributed by atoms with Crippen molar-refractivity contribution in [3.05, 3.63) is 40.4 Å². The molecule has 0 unspecified atom stereocenters. The molecule has 1 saturated heterocycles. The molecular formula is C29H40N6O. The molecule has 1 N–H and O–H groups in total. The molecule has 0 atom stereocenters. The van der Waals surface area contributed by atoms with Crippen LogP contribution < -0.4 is 10.2 Å². The first-order chi connectivity index (χ1) is 17.7. The Kier molecular flexibility index (Phi) is 6.72. The summed E-state index contributed by atoms with van der Waals surface area (Å²) in [6.07, 6.45) is 14.2. The molecule has 7 heteroatoms. The zero-order chi connectivity index (χ0) is 24.5. The van der Waals surface area contributed by atoms with E-state index < -0.39 is 0 Å². The minimum Gasteiger partial charge on any atom is -0.496 e. The number of allylic oxidation sites excluding steroid dienone is 4. The van der Waals surface area contributed by atoms with E-state index in [1.165, 1.54) is 62.5 Å². The number of ether oxygens (including phenoxy) is 1. The van der Waals surface area contributed by atoms with Gasteiger partial charge in [-0.05, 0) is 64.4 Å². The first-order valence-corrected chi connectivity index (χ1v) is 14.2. The molecule has 6 rings (SSSR count). The summed E-state index contributed by atoms with van der Waals surface area (Å²) in [7, 11) is 0. The van der Waals surface area contributed by atoms with Gasteiger partial charge in [-0.15, -0.1) is 0 Å². The molecule has 0 aromatic carbocycles. The number of hydrogen-bond donors (Lipinski definition) is 1. The Hall–Kier alpha value is -2.83. The molecule has 1 saturated carbocycles. The highest BCUT2D eigenvalue weighted by atomic mass is 16.5. The van der Waals surface area contributed by atoms with Gasteiger partial charge in [0.25, 0.3) is 0 Å². The lowest BCUT2D eigenvalue weighted by Crippen LogP contribution is -2.23. The van der Waals surface area contributed by atoms with Crippen LogP contribution in [0.3, 0.4) is 0 Å². The van der Waals surface area contributed by atoms with Gasteiger partial charge in [-0.25, -0.2) is 9.98 Å². The van der Waals surface area contributed by atoms with Crippen molar-refractivity contribution < 1.29 is 4.74 Å². The number of aliphatic imine (C=N–C) groups is 1. The highest BCUT2D eigenvalue weighted by Gasteiger charge is 2.24. The molecular weight excluding hydrogens is 448 g/mol. The second-order valence-corrected chi connectivity index (χ2v) is 11.0. The molecule has 0 amide bonds. The first-order valence-electron chi connectivity index (χ1n) is 14.2. The summed E-state index contributed by atoms with van der Waals surface area (Å²) in [5, 5.41) is 9.02. The maximum atomic E-state index is 6.03. The highest BCUT2D eigenvalue weighted by molar-refractivity contribution is 6.12. The van der Waals surface area contributed by atoms with Crippen molar-refractivity contribution >= 4 is 23.0 Å². The standard InChI is InChI=1S/C29H40N6O/c1-20-13-14-25-23(12-9-17-36-25)31-29(21(20)2)24-18-27-32-26(34-15-7-8-16-34)19-28(35(27)33-24)30-22-10-5-3-4-6-11-22/h18-19,22,30H,3-17H2,1-2H3/b21-20+,31-29?. The maximum absolute atomic E-state index is 6.03. The number of rotatable bonds is 4. The predicted molar refractivity (Wildman–Crippen MR) is 146 cm³/mol. The molecule has 1 aliphatic carbocycles. The van der Waals surface area contributed by atoms with Gasteiger partial charge in [0.05, 0.1) is 18.0 Å². The summed E-state index contributed by atoms with van der Waals surface area (Å²) in [5.74, 6) is 3.20. The monoisotopic (exact) mass is 488 g/mol. The molecule has 36 heavy (non-hydrogen) atoms. The number of nitrogens with zero attached hydrogens (tertiary/aromatic N) is 5. The molecule has 0 spiro atoms. The maximum Gasteiger partial charge on any atom is 0.160 e. The van der Waals surface area contributed by atoms with E-state index in [1.54, 1.807) is 0 Å². The molecule has 0 radical (unpaired) electrons. The minimum atomic E-state index is 0.492. The Morgan fingerprint density at radius 3 is 2.53 bits per heavy atom. The Morgan fingerprint density at radius 1 is 0.917 bits per heavy atom. The lowest BCUT2D eigenvalue weighted by molar-refractivity contribution is 0.177. The van der Waals surface area contributed by atoms with E-state index in [0.717, 1.165) is 85.5 Å². The fraction of sp³-hybridized carbons (Fsp3) is 0.621. The fourth-order valence-electron chi connectivity index (χ4n) is 6.07. The van der Waals surface area contributed by atoms with Gasteiger partial charge in [-0.2, -0.15) is 9.61 Å². The average Bonchev–Trinajstić information content (AvgIpc) is 3.51. The number of anilines is 2. The predicted octanol–water partition coefficient (Wildman–Crippen LogP) is 6.41. The molecule has 2 fully saturated rings. The van der Waals surface area contributed by atoms with Crippen molar-refractivity contribution in [2.24, 2.45) is 4.99 Å². The van der Waals surface area contributed by atoms with Gasteiger partial charge in [0.15, 0.2) is 5.65 Å². The van der Waals surface area contributed by atoms with Crippen molar-refractivity contribution in [3.8, 4) is 0 Å². The topological polar surface area (TPSA) is 67.1 Å². The number of hydrogen-bond acceptors (Lipinski definition) is 6. The van der Waals surface area contributed by atoms with E-state index in [0.29, 0.717) is 6.04 Å². The minimum absolute atomic E-state index is 0.492. The number of aromatic nitrogens is 3. The van der Waals surface area contributed by atoms with Crippen LogP contribution in [0.2, 0.25) is 0 Å². The van der Waals surface area contributed by atoms with Gasteiger partial charge in [0.2, 0.25) is 0 Å². The lowest BCUT2D eigenvalue weighted by Gasteiger charge is -2.22. The third kappa shape index (κ3) is 4.76. The van der Waals surface area contributed by atoms with E-state index in [2.05, 4.69) is 36.2 Å². The third-order valence-electron chi connectivity index (χ3n) is 8.42. The zero-order valence-corrected chi connectivity index (χ0v) is 22.0. The Balaban J connectivity index is 1.44. The molecule has 5 heterocycles. The second kappa shape index (κ2) is 10.3. The summed E-state index contributed by atoms with van der Waals surface area (Å²) in [4.78, 5) is 12.7. The summed E-state index contributed by atoms with van der Waals surface area (Å²) in [6.45, 7) is 7.38. The van der Waals surface area contributed by atoms with Gasteiger partial charge in [0, 0.05) is 37.7 Å².